The minimum atomic E-state index is -0.668. The van der Waals surface area contributed by atoms with Gasteiger partial charge in [-0.05, 0) is 39.3 Å². The predicted octanol–water partition coefficient (Wildman–Crippen LogP) is 2.36. The van der Waals surface area contributed by atoms with Gasteiger partial charge in [0, 0.05) is 31.3 Å². The van der Waals surface area contributed by atoms with Crippen molar-refractivity contribution < 1.29 is 14.3 Å². The average molecular weight is 308 g/mol. The number of benzene rings is 1. The number of hydrogen-bond acceptors (Lipinski definition) is 5. The number of nitrogens with zero attached hydrogens (tertiary/aromatic N) is 1. The van der Waals surface area contributed by atoms with Crippen molar-refractivity contribution in [3.8, 4) is 5.75 Å². The molecule has 1 atom stereocenters. The Morgan fingerprint density at radius 1 is 1.18 bits per heavy atom. The fourth-order valence-corrected chi connectivity index (χ4v) is 2.36. The Morgan fingerprint density at radius 2 is 1.86 bits per heavy atom. The average Bonchev–Trinajstić information content (AvgIpc) is 2.51. The first-order chi connectivity index (χ1) is 10.6. The van der Waals surface area contributed by atoms with Crippen LogP contribution in [0.1, 0.15) is 33.3 Å². The summed E-state index contributed by atoms with van der Waals surface area (Å²) in [4.78, 5) is 13.9. The van der Waals surface area contributed by atoms with Crippen LogP contribution in [-0.2, 0) is 16.0 Å². The molecular weight excluding hydrogens is 280 g/mol. The lowest BCUT2D eigenvalue weighted by atomic mass is 10.0. The molecule has 0 amide bonds. The smallest absolute Gasteiger partial charge is 0.323 e. The van der Waals surface area contributed by atoms with E-state index < -0.39 is 6.04 Å². The maximum atomic E-state index is 11.7. The van der Waals surface area contributed by atoms with Crippen LogP contribution < -0.4 is 15.4 Å². The molecule has 1 aromatic rings. The zero-order valence-corrected chi connectivity index (χ0v) is 14.1. The van der Waals surface area contributed by atoms with Gasteiger partial charge in [0.15, 0.2) is 0 Å². The number of anilines is 1. The fraction of sp³-hybridized carbons (Fsp3) is 0.588. The first-order valence-corrected chi connectivity index (χ1v) is 8.00. The largest absolute Gasteiger partial charge is 0.494 e. The molecule has 0 aliphatic carbocycles. The zero-order chi connectivity index (χ0) is 16.5. The highest BCUT2D eigenvalue weighted by atomic mass is 16.5. The first-order valence-electron chi connectivity index (χ1n) is 8.00. The van der Waals surface area contributed by atoms with Crippen LogP contribution >= 0.6 is 0 Å². The van der Waals surface area contributed by atoms with Crippen molar-refractivity contribution in [1.82, 2.24) is 0 Å². The molecule has 0 aromatic heterocycles. The van der Waals surface area contributed by atoms with Gasteiger partial charge in [0.1, 0.15) is 11.8 Å². The van der Waals surface area contributed by atoms with E-state index in [1.165, 1.54) is 0 Å². The lowest BCUT2D eigenvalue weighted by molar-refractivity contribution is -0.144. The predicted molar refractivity (Wildman–Crippen MR) is 89.5 cm³/mol. The summed E-state index contributed by atoms with van der Waals surface area (Å²) < 4.78 is 10.7. The van der Waals surface area contributed by atoms with Crippen molar-refractivity contribution in [3.63, 3.8) is 0 Å². The van der Waals surface area contributed by atoms with E-state index in [0.29, 0.717) is 19.6 Å². The molecule has 0 saturated heterocycles. The molecule has 0 spiro atoms. The van der Waals surface area contributed by atoms with Gasteiger partial charge in [-0.25, -0.2) is 0 Å². The molecule has 0 saturated carbocycles. The highest BCUT2D eigenvalue weighted by Crippen LogP contribution is 2.27. The van der Waals surface area contributed by atoms with Gasteiger partial charge in [0.05, 0.1) is 13.2 Å². The van der Waals surface area contributed by atoms with Crippen LogP contribution in [0.4, 0.5) is 5.69 Å². The lowest BCUT2D eigenvalue weighted by Crippen LogP contribution is -2.34. The maximum Gasteiger partial charge on any atom is 0.323 e. The summed E-state index contributed by atoms with van der Waals surface area (Å²) >= 11 is 0. The molecular formula is C17H28N2O3. The van der Waals surface area contributed by atoms with E-state index in [9.17, 15) is 4.79 Å². The molecule has 1 rings (SSSR count). The van der Waals surface area contributed by atoms with Crippen LogP contribution in [0.3, 0.4) is 0 Å². The molecule has 0 heterocycles. The van der Waals surface area contributed by atoms with Gasteiger partial charge in [-0.3, -0.25) is 4.79 Å². The third-order valence-electron chi connectivity index (χ3n) is 3.51. The molecule has 0 fully saturated rings. The van der Waals surface area contributed by atoms with Gasteiger partial charge in [-0.2, -0.15) is 0 Å². The van der Waals surface area contributed by atoms with Crippen LogP contribution in [0.15, 0.2) is 18.2 Å². The van der Waals surface area contributed by atoms with Crippen molar-refractivity contribution in [3.05, 3.63) is 23.8 Å². The first kappa shape index (κ1) is 18.3. The molecule has 22 heavy (non-hydrogen) atoms. The molecule has 0 aliphatic heterocycles. The van der Waals surface area contributed by atoms with E-state index in [4.69, 9.17) is 15.2 Å². The normalized spacial score (nSPS) is 11.9. The van der Waals surface area contributed by atoms with Gasteiger partial charge in [0.25, 0.3) is 0 Å². The molecule has 124 valence electrons. The molecule has 5 heteroatoms. The quantitative estimate of drug-likeness (QED) is 0.710. The molecule has 1 aromatic carbocycles. The Kier molecular flexibility index (Phi) is 7.74. The van der Waals surface area contributed by atoms with Crippen LogP contribution in [0.5, 0.6) is 5.75 Å². The number of hydrogen-bond donors (Lipinski definition) is 1. The summed E-state index contributed by atoms with van der Waals surface area (Å²) in [6.07, 6.45) is 0.409. The lowest BCUT2D eigenvalue weighted by Gasteiger charge is -2.23. The Morgan fingerprint density at radius 3 is 2.41 bits per heavy atom. The van der Waals surface area contributed by atoms with E-state index in [0.717, 1.165) is 30.1 Å². The van der Waals surface area contributed by atoms with Gasteiger partial charge in [0.2, 0.25) is 0 Å². The molecule has 0 aliphatic rings. The topological polar surface area (TPSA) is 64.8 Å². The van der Waals surface area contributed by atoms with Gasteiger partial charge in [-0.1, -0.05) is 6.07 Å². The number of rotatable bonds is 9. The molecule has 5 nitrogen and oxygen atoms in total. The second kappa shape index (κ2) is 9.30. The second-order valence-electron chi connectivity index (χ2n) is 4.96. The van der Waals surface area contributed by atoms with Crippen molar-refractivity contribution >= 4 is 11.7 Å². The molecule has 0 bridgehead atoms. The van der Waals surface area contributed by atoms with Crippen LogP contribution in [0, 0.1) is 0 Å². The summed E-state index contributed by atoms with van der Waals surface area (Å²) in [5.41, 5.74) is 7.95. The van der Waals surface area contributed by atoms with E-state index in [1.54, 1.807) is 6.92 Å². The van der Waals surface area contributed by atoms with Crippen molar-refractivity contribution in [2.45, 2.75) is 40.2 Å². The third-order valence-corrected chi connectivity index (χ3v) is 3.51. The second-order valence-corrected chi connectivity index (χ2v) is 4.96. The Labute approximate surface area is 133 Å². The number of ether oxygens (including phenoxy) is 2. The molecule has 1 unspecified atom stereocenters. The minimum absolute atomic E-state index is 0.339. The standard InChI is InChI=1S/C17H28N2O3/c1-5-19(6-2)14-10-9-13(16(12-14)21-7-3)11-15(18)17(20)22-8-4/h9-10,12,15H,5-8,11,18H2,1-4H3. The highest BCUT2D eigenvalue weighted by molar-refractivity contribution is 5.76. The van der Waals surface area contributed by atoms with E-state index in [1.807, 2.05) is 25.1 Å². The Balaban J connectivity index is 2.96. The Hall–Kier alpha value is -1.75. The van der Waals surface area contributed by atoms with E-state index >= 15 is 0 Å². The number of carbonyl (C=O) groups excluding carboxylic acids is 1. The fourth-order valence-electron chi connectivity index (χ4n) is 2.36. The van der Waals surface area contributed by atoms with Crippen LogP contribution in [0.2, 0.25) is 0 Å². The molecule has 2 N–H and O–H groups in total. The summed E-state index contributed by atoms with van der Waals surface area (Å²) in [5, 5.41) is 0. The third kappa shape index (κ3) is 4.91. The van der Waals surface area contributed by atoms with Gasteiger partial charge in [-0.15, -0.1) is 0 Å². The number of nitrogens with two attached hydrogens (primary N) is 1. The minimum Gasteiger partial charge on any atom is -0.494 e. The number of carbonyl (C=O) groups is 1. The van der Waals surface area contributed by atoms with Crippen LogP contribution in [0.25, 0.3) is 0 Å². The maximum absolute atomic E-state index is 11.7. The van der Waals surface area contributed by atoms with Gasteiger partial charge >= 0.3 is 5.97 Å². The van der Waals surface area contributed by atoms with E-state index in [-0.39, 0.29) is 5.97 Å². The van der Waals surface area contributed by atoms with Crippen LogP contribution in [-0.4, -0.2) is 38.3 Å². The Bertz CT molecular complexity index is 473. The molecule has 0 radical (unpaired) electrons. The van der Waals surface area contributed by atoms with Crippen molar-refractivity contribution in [2.75, 3.05) is 31.2 Å². The SMILES string of the molecule is CCOC(=O)C(N)Cc1ccc(N(CC)CC)cc1OCC. The van der Waals surface area contributed by atoms with Gasteiger partial charge < -0.3 is 20.1 Å². The summed E-state index contributed by atoms with van der Waals surface area (Å²) in [6.45, 7) is 10.7. The highest BCUT2D eigenvalue weighted by Gasteiger charge is 2.18. The van der Waals surface area contributed by atoms with Crippen molar-refractivity contribution in [2.24, 2.45) is 5.73 Å². The van der Waals surface area contributed by atoms with E-state index in [2.05, 4.69) is 18.7 Å². The number of esters is 1. The summed E-state index contributed by atoms with van der Waals surface area (Å²) in [7, 11) is 0. The summed E-state index contributed by atoms with van der Waals surface area (Å²) in [5.74, 6) is 0.407. The summed E-state index contributed by atoms with van der Waals surface area (Å²) in [6, 6.07) is 5.38. The monoisotopic (exact) mass is 308 g/mol. The van der Waals surface area contributed by atoms with Crippen molar-refractivity contribution in [1.29, 1.82) is 0 Å². The zero-order valence-electron chi connectivity index (χ0n) is 14.1.